The zero-order valence-corrected chi connectivity index (χ0v) is 27.1. The standard InChI is InChI=1S/C24H35N2P.C4H7O.3ClH.Cr/c1-7-12-19-13-10-11-14-22(19)25-23(26-27(8-2)9-3)20-15-17-21(18-16-20)24(4,5)6;1-2-4-5-3-1;;;;/h10-11,13-18H,7-9,12H2,1-6H3,(H,25,26);3H,1-2,4H2;3*1H;/q;-1;;;;+4/p-2. The molecule has 0 aromatic heterocycles. The van der Waals surface area contributed by atoms with Crippen LogP contribution in [0.2, 0.25) is 0 Å². The topological polar surface area (TPSA) is 33.6 Å². The van der Waals surface area contributed by atoms with Crippen LogP contribution in [0.15, 0.2) is 53.5 Å². The minimum atomic E-state index is -1.62. The van der Waals surface area contributed by atoms with E-state index in [1.54, 1.807) is 0 Å². The predicted molar refractivity (Wildman–Crippen MR) is 161 cm³/mol. The van der Waals surface area contributed by atoms with Gasteiger partial charge in [-0.05, 0) is 42.9 Å². The molecule has 36 heavy (non-hydrogen) atoms. The molecule has 1 aliphatic rings. The van der Waals surface area contributed by atoms with Crippen molar-refractivity contribution in [2.75, 3.05) is 18.9 Å². The summed E-state index contributed by atoms with van der Waals surface area (Å²) in [5.41, 5.74) is 5.12. The maximum absolute atomic E-state index is 5.11. The molecule has 0 unspecified atom stereocenters. The number of nitrogens with one attached hydrogen (secondary N) is 1. The first-order valence-electron chi connectivity index (χ1n) is 12.7. The molecular weight excluding hydrogens is 570 g/mol. The Bertz CT molecular complexity index is 871. The minimum absolute atomic E-state index is 0.165. The SMILES string of the molecule is CCCc1ccccc1N=C(N[PH+](CC)CC)c1ccc(C(C)(C)C)cc1.[CH-]1CCCO1.[Cl][Cr+]([Cl])[Cl]. The van der Waals surface area contributed by atoms with Gasteiger partial charge >= 0.3 is 41.5 Å². The summed E-state index contributed by atoms with van der Waals surface area (Å²) in [4.78, 5) is 5.11. The average molecular weight is 613 g/mol. The summed E-state index contributed by atoms with van der Waals surface area (Å²) in [6.45, 7) is 16.3. The molecule has 1 aliphatic heterocycles. The van der Waals surface area contributed by atoms with Gasteiger partial charge in [-0.25, -0.2) is 16.7 Å². The fourth-order valence-corrected chi connectivity index (χ4v) is 4.91. The van der Waals surface area contributed by atoms with Crippen molar-refractivity contribution in [3.8, 4) is 0 Å². The van der Waals surface area contributed by atoms with Crippen molar-refractivity contribution in [3.63, 3.8) is 0 Å². The molecule has 1 heterocycles. The van der Waals surface area contributed by atoms with Crippen LogP contribution >= 0.6 is 38.2 Å². The number of amidine groups is 1. The fourth-order valence-electron chi connectivity index (χ4n) is 3.52. The molecule has 0 amide bonds. The van der Waals surface area contributed by atoms with Gasteiger partial charge in [0.15, 0.2) is 5.84 Å². The van der Waals surface area contributed by atoms with Crippen LogP contribution in [-0.4, -0.2) is 24.8 Å². The second kappa shape index (κ2) is 18.9. The Morgan fingerprint density at radius 1 is 1.03 bits per heavy atom. The van der Waals surface area contributed by atoms with Crippen LogP contribution in [0.1, 0.15) is 77.5 Å². The Morgan fingerprint density at radius 2 is 1.64 bits per heavy atom. The molecule has 1 fully saturated rings. The van der Waals surface area contributed by atoms with Crippen molar-refractivity contribution in [2.45, 2.75) is 72.6 Å². The molecule has 0 radical (unpaired) electrons. The summed E-state index contributed by atoms with van der Waals surface area (Å²) in [6.07, 6.45) is 6.96. The quantitative estimate of drug-likeness (QED) is 0.146. The van der Waals surface area contributed by atoms with Crippen molar-refractivity contribution in [3.05, 3.63) is 71.8 Å². The van der Waals surface area contributed by atoms with Gasteiger partial charge in [0.1, 0.15) is 0 Å². The summed E-state index contributed by atoms with van der Waals surface area (Å²) in [5.74, 6) is 1.02. The second-order valence-electron chi connectivity index (χ2n) is 9.46. The molecule has 2 aromatic rings. The molecule has 3 rings (SSSR count). The van der Waals surface area contributed by atoms with Gasteiger partial charge in [0.05, 0.1) is 26.1 Å². The van der Waals surface area contributed by atoms with E-state index >= 15 is 0 Å². The molecule has 1 N–H and O–H groups in total. The summed E-state index contributed by atoms with van der Waals surface area (Å²) >= 11 is -1.62. The van der Waals surface area contributed by atoms with E-state index in [1.165, 1.54) is 35.4 Å². The van der Waals surface area contributed by atoms with Gasteiger partial charge < -0.3 is 4.74 Å². The molecule has 0 spiro atoms. The Kier molecular flexibility index (Phi) is 17.7. The van der Waals surface area contributed by atoms with E-state index in [9.17, 15) is 0 Å². The monoisotopic (exact) mass is 611 g/mol. The van der Waals surface area contributed by atoms with Crippen molar-refractivity contribution < 1.29 is 16.1 Å². The van der Waals surface area contributed by atoms with Gasteiger partial charge in [-0.2, -0.15) is 6.42 Å². The number of ether oxygens (including phenoxy) is 1. The molecule has 0 saturated carbocycles. The second-order valence-corrected chi connectivity index (χ2v) is 18.6. The molecule has 0 aliphatic carbocycles. The van der Waals surface area contributed by atoms with E-state index in [-0.39, 0.29) is 5.41 Å². The zero-order chi connectivity index (χ0) is 27.0. The van der Waals surface area contributed by atoms with E-state index < -0.39 is 19.5 Å². The first-order valence-corrected chi connectivity index (χ1v) is 19.9. The Labute approximate surface area is 238 Å². The van der Waals surface area contributed by atoms with Crippen LogP contribution < -0.4 is 5.09 Å². The van der Waals surface area contributed by atoms with Gasteiger partial charge in [0.25, 0.3) is 0 Å². The molecule has 202 valence electrons. The number of aryl methyl sites for hydroxylation is 1. The van der Waals surface area contributed by atoms with Crippen molar-refractivity contribution in [1.29, 1.82) is 0 Å². The first kappa shape index (κ1) is 33.7. The summed E-state index contributed by atoms with van der Waals surface area (Å²) in [5, 5.41) is 3.80. The molecule has 3 nitrogen and oxygen atoms in total. The van der Waals surface area contributed by atoms with Crippen LogP contribution in [0.4, 0.5) is 5.69 Å². The zero-order valence-electron chi connectivity index (χ0n) is 22.5. The number of nitrogens with zero attached hydrogens (tertiary/aromatic N) is 1. The maximum atomic E-state index is 5.11. The molecular formula is C28H43Cl3CrN2OP+. The van der Waals surface area contributed by atoms with E-state index in [0.717, 1.165) is 37.4 Å². The third kappa shape index (κ3) is 14.0. The van der Waals surface area contributed by atoms with E-state index in [1.807, 2.05) is 6.61 Å². The number of hydrogen-bond acceptors (Lipinski definition) is 2. The van der Waals surface area contributed by atoms with Crippen molar-refractivity contribution >= 4 is 49.7 Å². The summed E-state index contributed by atoms with van der Waals surface area (Å²) in [6, 6.07) is 17.5. The summed E-state index contributed by atoms with van der Waals surface area (Å²) < 4.78 is 4.82. The predicted octanol–water partition coefficient (Wildman–Crippen LogP) is 9.80. The van der Waals surface area contributed by atoms with Gasteiger partial charge in [0.2, 0.25) is 0 Å². The van der Waals surface area contributed by atoms with Crippen LogP contribution in [0, 0.1) is 6.61 Å². The molecule has 0 bridgehead atoms. The van der Waals surface area contributed by atoms with Gasteiger partial charge in [-0.3, -0.25) is 0 Å². The molecule has 0 atom stereocenters. The first-order chi connectivity index (χ1) is 17.1. The average Bonchev–Trinajstić information content (AvgIpc) is 3.43. The van der Waals surface area contributed by atoms with Crippen LogP contribution in [0.3, 0.4) is 0 Å². The Balaban J connectivity index is 0.000000606. The number of rotatable bonds is 7. The molecule has 2 aromatic carbocycles. The van der Waals surface area contributed by atoms with Gasteiger partial charge in [0, 0.05) is 12.2 Å². The van der Waals surface area contributed by atoms with E-state index in [2.05, 4.69) is 95.2 Å². The number of benzene rings is 2. The fraction of sp³-hybridized carbons (Fsp3) is 0.500. The van der Waals surface area contributed by atoms with Crippen LogP contribution in [0.5, 0.6) is 0 Å². The third-order valence-corrected chi connectivity index (χ3v) is 7.92. The molecule has 8 heteroatoms. The molecule has 1 saturated heterocycles. The van der Waals surface area contributed by atoms with Gasteiger partial charge in [-0.15, -0.1) is 0 Å². The van der Waals surface area contributed by atoms with Crippen molar-refractivity contribution in [2.24, 2.45) is 4.99 Å². The number of para-hydroxylation sites is 1. The third-order valence-electron chi connectivity index (χ3n) is 5.62. The van der Waals surface area contributed by atoms with Crippen LogP contribution in [0.25, 0.3) is 0 Å². The number of halogens is 3. The van der Waals surface area contributed by atoms with E-state index in [0.29, 0.717) is 0 Å². The Morgan fingerprint density at radius 3 is 2.08 bits per heavy atom. The van der Waals surface area contributed by atoms with Gasteiger partial charge in [-0.1, -0.05) is 83.0 Å². The van der Waals surface area contributed by atoms with Crippen LogP contribution in [-0.2, 0) is 28.0 Å². The van der Waals surface area contributed by atoms with E-state index in [4.69, 9.17) is 39.9 Å². The number of hydrogen-bond donors (Lipinski definition) is 1. The van der Waals surface area contributed by atoms with Crippen molar-refractivity contribution in [1.82, 2.24) is 5.09 Å². The normalized spacial score (nSPS) is 13.7. The summed E-state index contributed by atoms with van der Waals surface area (Å²) in [7, 11) is 14.2. The Hall–Kier alpha value is -0.298. The number of aliphatic imine (C=N–C) groups is 1.